The highest BCUT2D eigenvalue weighted by molar-refractivity contribution is 5.03. The van der Waals surface area contributed by atoms with Crippen LogP contribution in [0.15, 0.2) is 23.0 Å². The Balaban J connectivity index is 1.72. The van der Waals surface area contributed by atoms with Gasteiger partial charge in [0.05, 0.1) is 25.7 Å². The lowest BCUT2D eigenvalue weighted by Gasteiger charge is -2.32. The van der Waals surface area contributed by atoms with Crippen LogP contribution in [0, 0.1) is 0 Å². The second kappa shape index (κ2) is 4.81. The van der Waals surface area contributed by atoms with Gasteiger partial charge in [0.15, 0.2) is 0 Å². The third kappa shape index (κ3) is 3.08. The maximum Gasteiger partial charge on any atom is 0.0957 e. The normalized spacial score (nSPS) is 20.3. The van der Waals surface area contributed by atoms with Gasteiger partial charge in [-0.3, -0.25) is 0 Å². The lowest BCUT2D eigenvalue weighted by Crippen LogP contribution is -2.46. The van der Waals surface area contributed by atoms with E-state index in [9.17, 15) is 0 Å². The van der Waals surface area contributed by atoms with Crippen molar-refractivity contribution in [1.29, 1.82) is 0 Å². The molecule has 2 N–H and O–H groups in total. The number of nitrogens with two attached hydrogens (primary N) is 1. The minimum absolute atomic E-state index is 0.0814. The Bertz CT molecular complexity index is 276. The summed E-state index contributed by atoms with van der Waals surface area (Å²) in [5, 5.41) is 0. The van der Waals surface area contributed by atoms with Gasteiger partial charge in [0, 0.05) is 11.1 Å². The van der Waals surface area contributed by atoms with Crippen LogP contribution in [-0.2, 0) is 11.3 Å². The molecule has 1 fully saturated rings. The van der Waals surface area contributed by atoms with Gasteiger partial charge in [-0.2, -0.15) is 0 Å². The van der Waals surface area contributed by atoms with E-state index in [1.54, 1.807) is 12.5 Å². The Morgan fingerprint density at radius 1 is 1.33 bits per heavy atom. The standard InChI is InChI=1S/C12H19NO2/c13-12(5-2-1-3-6-12)10-15-9-11-4-7-14-8-11/h4,7-8H,1-3,5-6,9-10,13H2. The molecule has 1 aliphatic carbocycles. The van der Waals surface area contributed by atoms with E-state index < -0.39 is 0 Å². The Kier molecular flexibility index (Phi) is 3.44. The van der Waals surface area contributed by atoms with Crippen LogP contribution in [0.25, 0.3) is 0 Å². The summed E-state index contributed by atoms with van der Waals surface area (Å²) in [5.41, 5.74) is 7.25. The summed E-state index contributed by atoms with van der Waals surface area (Å²) in [6.45, 7) is 1.27. The first-order valence-corrected chi connectivity index (χ1v) is 5.66. The lowest BCUT2D eigenvalue weighted by molar-refractivity contribution is 0.0572. The molecular weight excluding hydrogens is 190 g/mol. The van der Waals surface area contributed by atoms with Crippen LogP contribution in [0.5, 0.6) is 0 Å². The third-order valence-electron chi connectivity index (χ3n) is 3.09. The van der Waals surface area contributed by atoms with Crippen molar-refractivity contribution in [2.75, 3.05) is 6.61 Å². The number of ether oxygens (including phenoxy) is 1. The summed E-state index contributed by atoms with van der Waals surface area (Å²) >= 11 is 0. The second-order valence-electron chi connectivity index (χ2n) is 4.55. The fourth-order valence-electron chi connectivity index (χ4n) is 2.15. The fraction of sp³-hybridized carbons (Fsp3) is 0.667. The maximum atomic E-state index is 6.25. The molecule has 3 nitrogen and oxygen atoms in total. The van der Waals surface area contributed by atoms with Crippen LogP contribution in [0.1, 0.15) is 37.7 Å². The van der Waals surface area contributed by atoms with Crippen LogP contribution in [0.2, 0.25) is 0 Å². The highest BCUT2D eigenvalue weighted by Gasteiger charge is 2.27. The molecule has 1 aliphatic rings. The van der Waals surface area contributed by atoms with Crippen LogP contribution in [0.4, 0.5) is 0 Å². The molecule has 0 bridgehead atoms. The second-order valence-corrected chi connectivity index (χ2v) is 4.55. The molecule has 1 saturated carbocycles. The van der Waals surface area contributed by atoms with Gasteiger partial charge in [0.2, 0.25) is 0 Å². The van der Waals surface area contributed by atoms with Crippen molar-refractivity contribution >= 4 is 0 Å². The molecule has 0 aliphatic heterocycles. The van der Waals surface area contributed by atoms with Crippen molar-refractivity contribution < 1.29 is 9.15 Å². The average molecular weight is 209 g/mol. The summed E-state index contributed by atoms with van der Waals surface area (Å²) < 4.78 is 10.6. The monoisotopic (exact) mass is 209 g/mol. The van der Waals surface area contributed by atoms with Gasteiger partial charge >= 0.3 is 0 Å². The van der Waals surface area contributed by atoms with E-state index in [0.29, 0.717) is 13.2 Å². The van der Waals surface area contributed by atoms with Gasteiger partial charge in [-0.05, 0) is 18.9 Å². The van der Waals surface area contributed by atoms with Crippen LogP contribution in [-0.4, -0.2) is 12.1 Å². The minimum Gasteiger partial charge on any atom is -0.472 e. The highest BCUT2D eigenvalue weighted by Crippen LogP contribution is 2.26. The Morgan fingerprint density at radius 2 is 2.13 bits per heavy atom. The zero-order valence-corrected chi connectivity index (χ0v) is 9.08. The molecule has 3 heteroatoms. The third-order valence-corrected chi connectivity index (χ3v) is 3.09. The van der Waals surface area contributed by atoms with E-state index in [2.05, 4.69) is 0 Å². The minimum atomic E-state index is -0.0814. The number of rotatable bonds is 4. The molecule has 0 atom stereocenters. The molecule has 2 rings (SSSR count). The van der Waals surface area contributed by atoms with Gasteiger partial charge < -0.3 is 14.9 Å². The van der Waals surface area contributed by atoms with E-state index in [1.165, 1.54) is 19.3 Å². The first kappa shape index (κ1) is 10.7. The molecular formula is C12H19NO2. The molecule has 0 radical (unpaired) electrons. The maximum absolute atomic E-state index is 6.25. The first-order chi connectivity index (χ1) is 7.29. The Hall–Kier alpha value is -0.800. The zero-order valence-electron chi connectivity index (χ0n) is 9.08. The van der Waals surface area contributed by atoms with E-state index in [4.69, 9.17) is 14.9 Å². The molecule has 84 valence electrons. The van der Waals surface area contributed by atoms with Crippen molar-refractivity contribution in [2.24, 2.45) is 5.73 Å². The van der Waals surface area contributed by atoms with Crippen molar-refractivity contribution in [3.63, 3.8) is 0 Å². The van der Waals surface area contributed by atoms with Gasteiger partial charge in [-0.15, -0.1) is 0 Å². The SMILES string of the molecule is NC1(COCc2ccoc2)CCCCC1. The molecule has 1 heterocycles. The van der Waals surface area contributed by atoms with Crippen LogP contribution >= 0.6 is 0 Å². The van der Waals surface area contributed by atoms with E-state index in [1.807, 2.05) is 6.07 Å². The summed E-state index contributed by atoms with van der Waals surface area (Å²) in [5.74, 6) is 0. The molecule has 0 spiro atoms. The zero-order chi connectivity index (χ0) is 10.6. The molecule has 1 aromatic heterocycles. The van der Waals surface area contributed by atoms with Crippen molar-refractivity contribution in [3.8, 4) is 0 Å². The van der Waals surface area contributed by atoms with E-state index >= 15 is 0 Å². The van der Waals surface area contributed by atoms with Gasteiger partial charge in [-0.1, -0.05) is 19.3 Å². The number of hydrogen-bond donors (Lipinski definition) is 1. The highest BCUT2D eigenvalue weighted by atomic mass is 16.5. The number of hydrogen-bond acceptors (Lipinski definition) is 3. The van der Waals surface area contributed by atoms with E-state index in [0.717, 1.165) is 18.4 Å². The summed E-state index contributed by atoms with van der Waals surface area (Å²) in [7, 11) is 0. The van der Waals surface area contributed by atoms with Crippen molar-refractivity contribution in [1.82, 2.24) is 0 Å². The first-order valence-electron chi connectivity index (χ1n) is 5.66. The Labute approximate surface area is 90.6 Å². The Morgan fingerprint density at radius 3 is 2.80 bits per heavy atom. The van der Waals surface area contributed by atoms with Crippen molar-refractivity contribution in [3.05, 3.63) is 24.2 Å². The summed E-state index contributed by atoms with van der Waals surface area (Å²) in [6.07, 6.45) is 9.37. The molecule has 0 saturated heterocycles. The van der Waals surface area contributed by atoms with E-state index in [-0.39, 0.29) is 5.54 Å². The van der Waals surface area contributed by atoms with Gasteiger partial charge in [-0.25, -0.2) is 0 Å². The topological polar surface area (TPSA) is 48.4 Å². The van der Waals surface area contributed by atoms with Crippen LogP contribution in [0.3, 0.4) is 0 Å². The predicted molar refractivity (Wildman–Crippen MR) is 58.4 cm³/mol. The van der Waals surface area contributed by atoms with Gasteiger partial charge in [0.25, 0.3) is 0 Å². The molecule has 0 aromatic carbocycles. The molecule has 0 amide bonds. The van der Waals surface area contributed by atoms with Crippen molar-refractivity contribution in [2.45, 2.75) is 44.2 Å². The average Bonchev–Trinajstić information content (AvgIpc) is 2.71. The molecule has 0 unspecified atom stereocenters. The smallest absolute Gasteiger partial charge is 0.0957 e. The summed E-state index contributed by atoms with van der Waals surface area (Å²) in [6, 6.07) is 1.92. The quantitative estimate of drug-likeness (QED) is 0.828. The fourth-order valence-corrected chi connectivity index (χ4v) is 2.15. The molecule has 1 aromatic rings. The summed E-state index contributed by atoms with van der Waals surface area (Å²) in [4.78, 5) is 0. The van der Waals surface area contributed by atoms with Gasteiger partial charge in [0.1, 0.15) is 0 Å². The predicted octanol–water partition coefficient (Wildman–Crippen LogP) is 2.46. The molecule has 15 heavy (non-hydrogen) atoms. The largest absolute Gasteiger partial charge is 0.472 e. The number of furan rings is 1. The lowest BCUT2D eigenvalue weighted by atomic mass is 9.83. The van der Waals surface area contributed by atoms with Crippen LogP contribution < -0.4 is 5.73 Å².